The molecule has 0 aliphatic heterocycles. The minimum atomic E-state index is -0.322. The van der Waals surface area contributed by atoms with Crippen molar-refractivity contribution in [1.82, 2.24) is 5.32 Å². The van der Waals surface area contributed by atoms with E-state index in [9.17, 15) is 4.39 Å². The molecule has 1 aliphatic rings. The van der Waals surface area contributed by atoms with Gasteiger partial charge in [-0.1, -0.05) is 28.8 Å². The van der Waals surface area contributed by atoms with Gasteiger partial charge in [0, 0.05) is 17.1 Å². The van der Waals surface area contributed by atoms with E-state index >= 15 is 0 Å². The molecule has 4 heteroatoms. The molecule has 0 saturated heterocycles. The van der Waals surface area contributed by atoms with E-state index in [1.807, 2.05) is 6.92 Å². The Hall–Kier alpha value is -0.610. The van der Waals surface area contributed by atoms with E-state index in [-0.39, 0.29) is 11.9 Å². The summed E-state index contributed by atoms with van der Waals surface area (Å²) < 4.78 is 19.9. The van der Waals surface area contributed by atoms with Crippen molar-refractivity contribution in [1.29, 1.82) is 0 Å². The smallest absolute Gasteiger partial charge is 0.166 e. The molecule has 0 amide bonds. The Morgan fingerprint density at radius 3 is 2.83 bits per heavy atom. The van der Waals surface area contributed by atoms with Gasteiger partial charge in [-0.3, -0.25) is 0 Å². The van der Waals surface area contributed by atoms with Crippen LogP contribution in [-0.4, -0.2) is 18.7 Å². The molecule has 1 saturated carbocycles. The van der Waals surface area contributed by atoms with Gasteiger partial charge in [-0.05, 0) is 38.0 Å². The van der Waals surface area contributed by atoms with E-state index in [2.05, 4.69) is 21.2 Å². The van der Waals surface area contributed by atoms with Crippen molar-refractivity contribution in [3.8, 4) is 5.75 Å². The average Bonchev–Trinajstić information content (AvgIpc) is 2.83. The molecule has 0 spiro atoms. The summed E-state index contributed by atoms with van der Waals surface area (Å²) in [5.41, 5.74) is 0. The first-order valence-electron chi connectivity index (χ1n) is 6.50. The summed E-state index contributed by atoms with van der Waals surface area (Å²) in [6.45, 7) is 2.73. The normalized spacial score (nSPS) is 17.9. The maximum absolute atomic E-state index is 13.6. The number of rotatable bonds is 5. The number of hydrogen-bond acceptors (Lipinski definition) is 2. The quantitative estimate of drug-likeness (QED) is 0.890. The largest absolute Gasteiger partial charge is 0.486 e. The van der Waals surface area contributed by atoms with Gasteiger partial charge < -0.3 is 10.1 Å². The van der Waals surface area contributed by atoms with Crippen LogP contribution in [0.1, 0.15) is 32.6 Å². The zero-order chi connectivity index (χ0) is 13.0. The second-order valence-corrected chi connectivity index (χ2v) is 5.81. The predicted octanol–water partition coefficient (Wildman–Crippen LogP) is 3.89. The minimum Gasteiger partial charge on any atom is -0.486 e. The molecule has 0 radical (unpaired) electrons. The lowest BCUT2D eigenvalue weighted by atomic mass is 10.2. The van der Waals surface area contributed by atoms with Crippen LogP contribution in [0, 0.1) is 5.82 Å². The van der Waals surface area contributed by atoms with Crippen LogP contribution in [-0.2, 0) is 0 Å². The van der Waals surface area contributed by atoms with E-state index in [0.29, 0.717) is 11.8 Å². The standard InChI is InChI=1S/C14H19BrFNO/c1-10(9-17-12-4-2-3-5-12)18-14-7-6-11(15)8-13(14)16/h6-8,10,12,17H,2-5,9H2,1H3. The zero-order valence-electron chi connectivity index (χ0n) is 10.6. The van der Waals surface area contributed by atoms with Crippen LogP contribution in [0.3, 0.4) is 0 Å². The van der Waals surface area contributed by atoms with Gasteiger partial charge in [0.1, 0.15) is 6.10 Å². The second-order valence-electron chi connectivity index (χ2n) is 4.89. The van der Waals surface area contributed by atoms with Gasteiger partial charge in [-0.2, -0.15) is 0 Å². The molecule has 0 aromatic heterocycles. The summed E-state index contributed by atoms with van der Waals surface area (Å²) >= 11 is 3.23. The molecule has 1 N–H and O–H groups in total. The summed E-state index contributed by atoms with van der Waals surface area (Å²) in [7, 11) is 0. The van der Waals surface area contributed by atoms with Crippen LogP contribution in [0.25, 0.3) is 0 Å². The maximum Gasteiger partial charge on any atom is 0.166 e. The maximum atomic E-state index is 13.6. The van der Waals surface area contributed by atoms with Gasteiger partial charge in [-0.25, -0.2) is 4.39 Å². The Morgan fingerprint density at radius 1 is 1.44 bits per heavy atom. The monoisotopic (exact) mass is 315 g/mol. The lowest BCUT2D eigenvalue weighted by molar-refractivity contribution is 0.202. The van der Waals surface area contributed by atoms with Crippen LogP contribution in [0.2, 0.25) is 0 Å². The highest BCUT2D eigenvalue weighted by atomic mass is 79.9. The number of benzene rings is 1. The van der Waals surface area contributed by atoms with Gasteiger partial charge >= 0.3 is 0 Å². The molecule has 1 aliphatic carbocycles. The van der Waals surface area contributed by atoms with Crippen molar-refractivity contribution in [2.75, 3.05) is 6.54 Å². The Bertz CT molecular complexity index is 393. The van der Waals surface area contributed by atoms with E-state index in [1.54, 1.807) is 12.1 Å². The van der Waals surface area contributed by atoms with E-state index in [0.717, 1.165) is 11.0 Å². The van der Waals surface area contributed by atoms with E-state index in [4.69, 9.17) is 4.74 Å². The number of hydrogen-bond donors (Lipinski definition) is 1. The first-order valence-corrected chi connectivity index (χ1v) is 7.29. The molecular formula is C14H19BrFNO. The molecule has 1 unspecified atom stereocenters. The van der Waals surface area contributed by atoms with Crippen molar-refractivity contribution in [2.45, 2.75) is 44.8 Å². The van der Waals surface area contributed by atoms with Gasteiger partial charge in [0.05, 0.1) is 0 Å². The van der Waals surface area contributed by atoms with Gasteiger partial charge in [0.2, 0.25) is 0 Å². The molecule has 1 fully saturated rings. The van der Waals surface area contributed by atoms with Crippen molar-refractivity contribution >= 4 is 15.9 Å². The third-order valence-corrected chi connectivity index (χ3v) is 3.76. The number of halogens is 2. The van der Waals surface area contributed by atoms with Crippen LogP contribution in [0.4, 0.5) is 4.39 Å². The van der Waals surface area contributed by atoms with E-state index in [1.165, 1.54) is 31.7 Å². The third kappa shape index (κ3) is 3.95. The van der Waals surface area contributed by atoms with E-state index < -0.39 is 0 Å². The van der Waals surface area contributed by atoms with Gasteiger partial charge in [0.25, 0.3) is 0 Å². The van der Waals surface area contributed by atoms with Crippen LogP contribution in [0.15, 0.2) is 22.7 Å². The molecule has 2 nitrogen and oxygen atoms in total. The summed E-state index contributed by atoms with van der Waals surface area (Å²) in [6.07, 6.45) is 5.10. The Labute approximate surface area is 116 Å². The van der Waals surface area contributed by atoms with Crippen molar-refractivity contribution in [3.05, 3.63) is 28.5 Å². The molecule has 1 aromatic carbocycles. The molecule has 100 valence electrons. The lowest BCUT2D eigenvalue weighted by Crippen LogP contribution is -2.35. The summed E-state index contributed by atoms with van der Waals surface area (Å²) in [5, 5.41) is 3.48. The predicted molar refractivity (Wildman–Crippen MR) is 74.4 cm³/mol. The van der Waals surface area contributed by atoms with Crippen LogP contribution < -0.4 is 10.1 Å². The highest BCUT2D eigenvalue weighted by Gasteiger charge is 2.16. The second kappa shape index (κ2) is 6.53. The fourth-order valence-electron chi connectivity index (χ4n) is 2.29. The highest BCUT2D eigenvalue weighted by molar-refractivity contribution is 9.10. The Kier molecular flexibility index (Phi) is 5.01. The molecule has 18 heavy (non-hydrogen) atoms. The topological polar surface area (TPSA) is 21.3 Å². The van der Waals surface area contributed by atoms with Crippen LogP contribution >= 0.6 is 15.9 Å². The summed E-state index contributed by atoms with van der Waals surface area (Å²) in [5.74, 6) is -0.00369. The molecular weight excluding hydrogens is 297 g/mol. The molecule has 2 rings (SSSR count). The first-order chi connectivity index (χ1) is 8.65. The summed E-state index contributed by atoms with van der Waals surface area (Å²) in [6, 6.07) is 5.49. The Morgan fingerprint density at radius 2 is 2.17 bits per heavy atom. The number of nitrogens with one attached hydrogen (secondary N) is 1. The Balaban J connectivity index is 1.80. The fourth-order valence-corrected chi connectivity index (χ4v) is 2.62. The van der Waals surface area contributed by atoms with Crippen molar-refractivity contribution in [2.24, 2.45) is 0 Å². The SMILES string of the molecule is CC(CNC1CCCC1)Oc1ccc(Br)cc1F. The van der Waals surface area contributed by atoms with Crippen molar-refractivity contribution < 1.29 is 9.13 Å². The molecule has 1 atom stereocenters. The average molecular weight is 316 g/mol. The molecule has 1 aromatic rings. The minimum absolute atomic E-state index is 0.0266. The summed E-state index contributed by atoms with van der Waals surface area (Å²) in [4.78, 5) is 0. The first kappa shape index (κ1) is 13.8. The van der Waals surface area contributed by atoms with Crippen LogP contribution in [0.5, 0.6) is 5.75 Å². The number of ether oxygens (including phenoxy) is 1. The highest BCUT2D eigenvalue weighted by Crippen LogP contribution is 2.22. The molecule has 0 bridgehead atoms. The zero-order valence-corrected chi connectivity index (χ0v) is 12.2. The van der Waals surface area contributed by atoms with Gasteiger partial charge in [0.15, 0.2) is 11.6 Å². The fraction of sp³-hybridized carbons (Fsp3) is 0.571. The third-order valence-electron chi connectivity index (χ3n) is 3.27. The molecule has 0 heterocycles. The van der Waals surface area contributed by atoms with Crippen molar-refractivity contribution in [3.63, 3.8) is 0 Å². The lowest BCUT2D eigenvalue weighted by Gasteiger charge is -2.18. The van der Waals surface area contributed by atoms with Gasteiger partial charge in [-0.15, -0.1) is 0 Å².